The molecule has 0 saturated heterocycles. The number of terminal acetylenes is 1. The van der Waals surface area contributed by atoms with Crippen molar-refractivity contribution in [3.05, 3.63) is 58.6 Å². The smallest absolute Gasteiger partial charge is 0.218 e. The Hall–Kier alpha value is -2.64. The highest BCUT2D eigenvalue weighted by Gasteiger charge is 2.18. The Morgan fingerprint density at radius 3 is 2.56 bits per heavy atom. The largest absolute Gasteiger partial charge is 0.493 e. The van der Waals surface area contributed by atoms with Crippen molar-refractivity contribution in [1.82, 2.24) is 0 Å². The SMILES string of the molecule is C#CCOc1ccc(C(CC(N)=O)Cc2ccc(Cl)cc2)cc1OC. The Kier molecular flexibility index (Phi) is 6.73. The number of primary amides is 1. The summed E-state index contributed by atoms with van der Waals surface area (Å²) in [4.78, 5) is 11.5. The summed E-state index contributed by atoms with van der Waals surface area (Å²) in [6.45, 7) is 0.158. The van der Waals surface area contributed by atoms with Gasteiger partial charge < -0.3 is 15.2 Å². The Morgan fingerprint density at radius 1 is 1.24 bits per heavy atom. The fraction of sp³-hybridized carbons (Fsp3) is 0.250. The maximum absolute atomic E-state index is 11.5. The molecule has 4 nitrogen and oxygen atoms in total. The van der Waals surface area contributed by atoms with Gasteiger partial charge in [-0.15, -0.1) is 6.42 Å². The zero-order valence-corrected chi connectivity index (χ0v) is 14.8. The predicted octanol–water partition coefficient (Wildman–Crippen LogP) is 3.56. The third kappa shape index (κ3) is 5.44. The number of hydrogen-bond donors (Lipinski definition) is 1. The molecule has 0 aliphatic rings. The minimum atomic E-state index is -0.356. The van der Waals surface area contributed by atoms with E-state index in [9.17, 15) is 4.79 Å². The molecule has 2 N–H and O–H groups in total. The zero-order chi connectivity index (χ0) is 18.2. The fourth-order valence-electron chi connectivity index (χ4n) is 2.63. The first kappa shape index (κ1) is 18.7. The number of carbonyl (C=O) groups is 1. The van der Waals surface area contributed by atoms with Gasteiger partial charge in [0, 0.05) is 11.4 Å². The Balaban J connectivity index is 2.28. The summed E-state index contributed by atoms with van der Waals surface area (Å²) in [5.41, 5.74) is 7.45. The van der Waals surface area contributed by atoms with Gasteiger partial charge in [-0.05, 0) is 47.7 Å². The lowest BCUT2D eigenvalue weighted by Gasteiger charge is -2.18. The summed E-state index contributed by atoms with van der Waals surface area (Å²) in [5.74, 6) is 3.12. The van der Waals surface area contributed by atoms with Crippen LogP contribution in [0.25, 0.3) is 0 Å². The number of rotatable bonds is 8. The molecule has 5 heteroatoms. The third-order valence-corrected chi connectivity index (χ3v) is 4.07. The van der Waals surface area contributed by atoms with E-state index in [1.54, 1.807) is 13.2 Å². The average Bonchev–Trinajstić information content (AvgIpc) is 2.60. The molecule has 0 spiro atoms. The van der Waals surface area contributed by atoms with E-state index in [2.05, 4.69) is 5.92 Å². The van der Waals surface area contributed by atoms with Gasteiger partial charge in [0.15, 0.2) is 11.5 Å². The fourth-order valence-corrected chi connectivity index (χ4v) is 2.76. The number of halogens is 1. The minimum Gasteiger partial charge on any atom is -0.493 e. The Morgan fingerprint density at radius 2 is 1.96 bits per heavy atom. The molecule has 0 saturated carbocycles. The van der Waals surface area contributed by atoms with Crippen LogP contribution in [-0.2, 0) is 11.2 Å². The van der Waals surface area contributed by atoms with Crippen molar-refractivity contribution in [1.29, 1.82) is 0 Å². The molecule has 1 atom stereocenters. The van der Waals surface area contributed by atoms with E-state index < -0.39 is 0 Å². The Labute approximate surface area is 152 Å². The van der Waals surface area contributed by atoms with E-state index in [1.165, 1.54) is 0 Å². The van der Waals surface area contributed by atoms with Crippen molar-refractivity contribution in [2.75, 3.05) is 13.7 Å². The molecule has 2 aromatic rings. The van der Waals surface area contributed by atoms with Gasteiger partial charge >= 0.3 is 0 Å². The first-order chi connectivity index (χ1) is 12.0. The van der Waals surface area contributed by atoms with Crippen molar-refractivity contribution in [2.24, 2.45) is 5.73 Å². The summed E-state index contributed by atoms with van der Waals surface area (Å²) in [6.07, 6.45) is 6.11. The lowest BCUT2D eigenvalue weighted by molar-refractivity contribution is -0.118. The average molecular weight is 358 g/mol. The normalized spacial score (nSPS) is 11.4. The summed E-state index contributed by atoms with van der Waals surface area (Å²) >= 11 is 5.93. The molecule has 0 bridgehead atoms. The summed E-state index contributed by atoms with van der Waals surface area (Å²) in [5, 5.41) is 0.673. The van der Waals surface area contributed by atoms with Crippen molar-refractivity contribution in [2.45, 2.75) is 18.8 Å². The van der Waals surface area contributed by atoms with Crippen LogP contribution in [0.3, 0.4) is 0 Å². The van der Waals surface area contributed by atoms with E-state index in [0.717, 1.165) is 11.1 Å². The van der Waals surface area contributed by atoms with Crippen molar-refractivity contribution in [3.8, 4) is 23.8 Å². The molecule has 0 heterocycles. The molecule has 25 heavy (non-hydrogen) atoms. The van der Waals surface area contributed by atoms with Gasteiger partial charge in [-0.2, -0.15) is 0 Å². The van der Waals surface area contributed by atoms with Gasteiger partial charge in [0.2, 0.25) is 5.91 Å². The lowest BCUT2D eigenvalue weighted by Crippen LogP contribution is -2.17. The maximum atomic E-state index is 11.5. The second kappa shape index (κ2) is 9.00. The van der Waals surface area contributed by atoms with Gasteiger partial charge in [0.1, 0.15) is 6.61 Å². The van der Waals surface area contributed by atoms with Crippen LogP contribution in [0, 0.1) is 12.3 Å². The number of methoxy groups -OCH3 is 1. The molecule has 0 fully saturated rings. The number of ether oxygens (including phenoxy) is 2. The van der Waals surface area contributed by atoms with E-state index >= 15 is 0 Å². The maximum Gasteiger partial charge on any atom is 0.218 e. The van der Waals surface area contributed by atoms with Crippen molar-refractivity contribution < 1.29 is 14.3 Å². The molecular weight excluding hydrogens is 338 g/mol. The number of benzene rings is 2. The van der Waals surface area contributed by atoms with Gasteiger partial charge in [0.25, 0.3) is 0 Å². The van der Waals surface area contributed by atoms with Crippen LogP contribution in [0.15, 0.2) is 42.5 Å². The van der Waals surface area contributed by atoms with Crippen LogP contribution in [0.2, 0.25) is 5.02 Å². The number of hydrogen-bond acceptors (Lipinski definition) is 3. The van der Waals surface area contributed by atoms with E-state index in [1.807, 2.05) is 36.4 Å². The molecule has 0 aliphatic heterocycles. The molecule has 0 aromatic heterocycles. The molecule has 2 aromatic carbocycles. The first-order valence-electron chi connectivity index (χ1n) is 7.80. The second-order valence-corrected chi connectivity index (χ2v) is 6.04. The highest BCUT2D eigenvalue weighted by Crippen LogP contribution is 2.33. The van der Waals surface area contributed by atoms with E-state index in [4.69, 9.17) is 33.2 Å². The van der Waals surface area contributed by atoms with Crippen molar-refractivity contribution >= 4 is 17.5 Å². The van der Waals surface area contributed by atoms with Gasteiger partial charge in [-0.25, -0.2) is 0 Å². The molecule has 1 unspecified atom stereocenters. The molecular formula is C20H20ClNO3. The van der Waals surface area contributed by atoms with Crippen molar-refractivity contribution in [3.63, 3.8) is 0 Å². The molecule has 130 valence electrons. The standard InChI is InChI=1S/C20H20ClNO3/c1-3-10-25-18-9-6-15(12-19(18)24-2)16(13-20(22)23)11-14-4-7-17(21)8-5-14/h1,4-9,12,16H,10-11,13H2,2H3,(H2,22,23). The first-order valence-corrected chi connectivity index (χ1v) is 8.18. The van der Waals surface area contributed by atoms with Crippen LogP contribution >= 0.6 is 11.6 Å². The summed E-state index contributed by atoms with van der Waals surface area (Å²) in [7, 11) is 1.56. The Bertz CT molecular complexity index is 766. The van der Waals surface area contributed by atoms with E-state index in [-0.39, 0.29) is 24.9 Å². The molecule has 2 rings (SSSR count). The third-order valence-electron chi connectivity index (χ3n) is 3.81. The van der Waals surface area contributed by atoms with Crippen LogP contribution in [0.5, 0.6) is 11.5 Å². The molecule has 0 radical (unpaired) electrons. The monoisotopic (exact) mass is 357 g/mol. The zero-order valence-electron chi connectivity index (χ0n) is 14.0. The van der Waals surface area contributed by atoms with Crippen LogP contribution in [0.1, 0.15) is 23.5 Å². The quantitative estimate of drug-likeness (QED) is 0.735. The minimum absolute atomic E-state index is 0.0748. The van der Waals surface area contributed by atoms with Gasteiger partial charge in [-0.3, -0.25) is 4.79 Å². The summed E-state index contributed by atoms with van der Waals surface area (Å²) in [6, 6.07) is 13.1. The van der Waals surface area contributed by atoms with Gasteiger partial charge in [0.05, 0.1) is 7.11 Å². The number of amides is 1. The predicted molar refractivity (Wildman–Crippen MR) is 99.0 cm³/mol. The van der Waals surface area contributed by atoms with Crippen LogP contribution in [0.4, 0.5) is 0 Å². The molecule has 1 amide bonds. The molecule has 0 aliphatic carbocycles. The topological polar surface area (TPSA) is 61.5 Å². The summed E-state index contributed by atoms with van der Waals surface area (Å²) < 4.78 is 10.8. The highest BCUT2D eigenvalue weighted by molar-refractivity contribution is 6.30. The number of carbonyl (C=O) groups excluding carboxylic acids is 1. The van der Waals surface area contributed by atoms with Crippen LogP contribution in [-0.4, -0.2) is 19.6 Å². The second-order valence-electron chi connectivity index (χ2n) is 5.60. The van der Waals surface area contributed by atoms with Gasteiger partial charge in [-0.1, -0.05) is 35.7 Å². The number of nitrogens with two attached hydrogens (primary N) is 1. The van der Waals surface area contributed by atoms with E-state index in [0.29, 0.717) is 22.9 Å². The van der Waals surface area contributed by atoms with Crippen LogP contribution < -0.4 is 15.2 Å². The lowest BCUT2D eigenvalue weighted by atomic mass is 9.89. The highest BCUT2D eigenvalue weighted by atomic mass is 35.5.